The van der Waals surface area contributed by atoms with Crippen molar-refractivity contribution in [1.82, 2.24) is 0 Å². The van der Waals surface area contributed by atoms with Crippen molar-refractivity contribution < 1.29 is 9.90 Å². The Bertz CT molecular complexity index is 226. The molecule has 0 spiro atoms. The van der Waals surface area contributed by atoms with Crippen LogP contribution in [0.25, 0.3) is 0 Å². The fourth-order valence-corrected chi connectivity index (χ4v) is 2.73. The van der Waals surface area contributed by atoms with Gasteiger partial charge >= 0.3 is 5.97 Å². The Hall–Kier alpha value is -0.570. The molecule has 2 atom stereocenters. The summed E-state index contributed by atoms with van der Waals surface area (Å²) in [6.07, 6.45) is 9.38. The normalized spacial score (nSPS) is 19.6. The average molecular weight is 241 g/mol. The molecular formula is C14H27NO2. The SMILES string of the molecule is C[C@H](CCCC1CCC1)C[C@H](CN)CC(=O)O. The van der Waals surface area contributed by atoms with Gasteiger partial charge in [-0.15, -0.1) is 0 Å². The Morgan fingerprint density at radius 1 is 1.47 bits per heavy atom. The molecule has 0 heterocycles. The first-order chi connectivity index (χ1) is 8.11. The van der Waals surface area contributed by atoms with Gasteiger partial charge in [0.15, 0.2) is 0 Å². The Kier molecular flexibility index (Phi) is 6.56. The lowest BCUT2D eigenvalue weighted by atomic mass is 9.80. The average Bonchev–Trinajstić information content (AvgIpc) is 2.20. The van der Waals surface area contributed by atoms with Crippen molar-refractivity contribution in [1.29, 1.82) is 0 Å². The van der Waals surface area contributed by atoms with Crippen molar-refractivity contribution in [2.24, 2.45) is 23.5 Å². The molecule has 0 saturated heterocycles. The van der Waals surface area contributed by atoms with Crippen molar-refractivity contribution >= 4 is 5.97 Å². The van der Waals surface area contributed by atoms with Gasteiger partial charge in [0.2, 0.25) is 0 Å². The minimum atomic E-state index is -0.720. The third kappa shape index (κ3) is 6.06. The van der Waals surface area contributed by atoms with Gasteiger partial charge in [-0.3, -0.25) is 4.79 Å². The first kappa shape index (κ1) is 14.5. The summed E-state index contributed by atoms with van der Waals surface area (Å²) in [6.45, 7) is 2.73. The predicted octanol–water partition coefficient (Wildman–Crippen LogP) is 3.03. The molecule has 1 fully saturated rings. The van der Waals surface area contributed by atoms with Gasteiger partial charge in [-0.05, 0) is 30.7 Å². The maximum atomic E-state index is 10.6. The second-order valence-electron chi connectivity index (χ2n) is 5.77. The van der Waals surface area contributed by atoms with Crippen LogP contribution in [0.1, 0.15) is 58.3 Å². The van der Waals surface area contributed by atoms with E-state index >= 15 is 0 Å². The van der Waals surface area contributed by atoms with E-state index < -0.39 is 5.97 Å². The molecule has 0 radical (unpaired) electrons. The van der Waals surface area contributed by atoms with Gasteiger partial charge in [0.1, 0.15) is 0 Å². The lowest BCUT2D eigenvalue weighted by Gasteiger charge is -2.26. The number of carboxylic acid groups (broad SMARTS) is 1. The smallest absolute Gasteiger partial charge is 0.303 e. The predicted molar refractivity (Wildman–Crippen MR) is 69.8 cm³/mol. The molecule has 1 saturated carbocycles. The third-order valence-corrected chi connectivity index (χ3v) is 4.07. The molecule has 0 aromatic rings. The summed E-state index contributed by atoms with van der Waals surface area (Å²) in [5, 5.41) is 8.76. The molecule has 0 aromatic carbocycles. The van der Waals surface area contributed by atoms with E-state index in [2.05, 4.69) is 6.92 Å². The Morgan fingerprint density at radius 2 is 2.18 bits per heavy atom. The zero-order chi connectivity index (χ0) is 12.7. The highest BCUT2D eigenvalue weighted by atomic mass is 16.4. The van der Waals surface area contributed by atoms with Gasteiger partial charge < -0.3 is 10.8 Å². The second-order valence-corrected chi connectivity index (χ2v) is 5.77. The van der Waals surface area contributed by atoms with Crippen molar-refractivity contribution in [3.8, 4) is 0 Å². The van der Waals surface area contributed by atoms with Crippen molar-refractivity contribution in [2.75, 3.05) is 6.54 Å². The monoisotopic (exact) mass is 241 g/mol. The third-order valence-electron chi connectivity index (χ3n) is 4.07. The van der Waals surface area contributed by atoms with E-state index in [4.69, 9.17) is 10.8 Å². The van der Waals surface area contributed by atoms with Crippen LogP contribution in [0, 0.1) is 17.8 Å². The van der Waals surface area contributed by atoms with Crippen LogP contribution in [0.15, 0.2) is 0 Å². The van der Waals surface area contributed by atoms with Crippen LogP contribution in [0.3, 0.4) is 0 Å². The number of carbonyl (C=O) groups is 1. The van der Waals surface area contributed by atoms with Gasteiger partial charge in [0.25, 0.3) is 0 Å². The van der Waals surface area contributed by atoms with Crippen LogP contribution in [-0.4, -0.2) is 17.6 Å². The number of hydrogen-bond acceptors (Lipinski definition) is 2. The van der Waals surface area contributed by atoms with Crippen LogP contribution in [0.5, 0.6) is 0 Å². The molecule has 1 aliphatic carbocycles. The molecule has 100 valence electrons. The molecule has 1 aliphatic rings. The van der Waals surface area contributed by atoms with E-state index in [1.54, 1.807) is 0 Å². The fourth-order valence-electron chi connectivity index (χ4n) is 2.73. The van der Waals surface area contributed by atoms with E-state index in [0.29, 0.717) is 12.5 Å². The van der Waals surface area contributed by atoms with Crippen LogP contribution < -0.4 is 5.73 Å². The molecule has 1 rings (SSSR count). The lowest BCUT2D eigenvalue weighted by Crippen LogP contribution is -2.20. The standard InChI is InChI=1S/C14H27NO2/c1-11(4-2-5-12-6-3-7-12)8-13(10-15)9-14(16)17/h11-13H,2-10,15H2,1H3,(H,16,17)/t11-,13+/m1/s1. The minimum Gasteiger partial charge on any atom is -0.481 e. The van der Waals surface area contributed by atoms with Crippen LogP contribution >= 0.6 is 0 Å². The van der Waals surface area contributed by atoms with Gasteiger partial charge in [-0.2, -0.15) is 0 Å². The highest BCUT2D eigenvalue weighted by molar-refractivity contribution is 5.67. The number of nitrogens with two attached hydrogens (primary N) is 1. The summed E-state index contributed by atoms with van der Waals surface area (Å²) in [7, 11) is 0. The quantitative estimate of drug-likeness (QED) is 0.652. The van der Waals surface area contributed by atoms with Gasteiger partial charge in [-0.25, -0.2) is 0 Å². The number of carboxylic acids is 1. The number of rotatable bonds is 9. The molecule has 0 amide bonds. The highest BCUT2D eigenvalue weighted by Crippen LogP contribution is 2.32. The van der Waals surface area contributed by atoms with Crippen molar-refractivity contribution in [3.63, 3.8) is 0 Å². The summed E-state index contributed by atoms with van der Waals surface area (Å²) in [4.78, 5) is 10.6. The number of hydrogen-bond donors (Lipinski definition) is 2. The van der Waals surface area contributed by atoms with E-state index in [1.807, 2.05) is 0 Å². The molecule has 3 heteroatoms. The zero-order valence-corrected chi connectivity index (χ0v) is 11.0. The summed E-state index contributed by atoms with van der Waals surface area (Å²) in [6, 6.07) is 0. The van der Waals surface area contributed by atoms with Crippen molar-refractivity contribution in [3.05, 3.63) is 0 Å². The number of aliphatic carboxylic acids is 1. The first-order valence-corrected chi connectivity index (χ1v) is 7.03. The minimum absolute atomic E-state index is 0.159. The maximum Gasteiger partial charge on any atom is 0.303 e. The van der Waals surface area contributed by atoms with Gasteiger partial charge in [-0.1, -0.05) is 45.4 Å². The Balaban J connectivity index is 2.08. The van der Waals surface area contributed by atoms with Crippen LogP contribution in [-0.2, 0) is 4.79 Å². The largest absolute Gasteiger partial charge is 0.481 e. The van der Waals surface area contributed by atoms with E-state index in [1.165, 1.54) is 38.5 Å². The molecular weight excluding hydrogens is 214 g/mol. The Labute approximate surface area is 105 Å². The van der Waals surface area contributed by atoms with Gasteiger partial charge in [0.05, 0.1) is 0 Å². The van der Waals surface area contributed by atoms with E-state index in [-0.39, 0.29) is 12.3 Å². The van der Waals surface area contributed by atoms with Crippen LogP contribution in [0.4, 0.5) is 0 Å². The van der Waals surface area contributed by atoms with Crippen LogP contribution in [0.2, 0.25) is 0 Å². The highest BCUT2D eigenvalue weighted by Gasteiger charge is 2.18. The first-order valence-electron chi connectivity index (χ1n) is 7.03. The Morgan fingerprint density at radius 3 is 2.65 bits per heavy atom. The summed E-state index contributed by atoms with van der Waals surface area (Å²) >= 11 is 0. The summed E-state index contributed by atoms with van der Waals surface area (Å²) in [5.41, 5.74) is 5.61. The molecule has 17 heavy (non-hydrogen) atoms. The second kappa shape index (κ2) is 7.70. The lowest BCUT2D eigenvalue weighted by molar-refractivity contribution is -0.138. The molecule has 0 aromatic heterocycles. The molecule has 3 nitrogen and oxygen atoms in total. The van der Waals surface area contributed by atoms with Gasteiger partial charge in [0, 0.05) is 6.42 Å². The van der Waals surface area contributed by atoms with Crippen molar-refractivity contribution in [2.45, 2.75) is 58.3 Å². The molecule has 3 N–H and O–H groups in total. The molecule has 0 aliphatic heterocycles. The zero-order valence-electron chi connectivity index (χ0n) is 11.0. The van der Waals surface area contributed by atoms with E-state index in [0.717, 1.165) is 12.3 Å². The summed E-state index contributed by atoms with van der Waals surface area (Å²) < 4.78 is 0. The fraction of sp³-hybridized carbons (Fsp3) is 0.929. The molecule has 0 unspecified atom stereocenters. The van der Waals surface area contributed by atoms with E-state index in [9.17, 15) is 4.79 Å². The summed E-state index contributed by atoms with van der Waals surface area (Å²) in [5.74, 6) is 1.04. The maximum absolute atomic E-state index is 10.6. The molecule has 0 bridgehead atoms. The topological polar surface area (TPSA) is 63.3 Å².